The van der Waals surface area contributed by atoms with E-state index >= 15 is 0 Å². The number of rotatable bonds is 6. The third-order valence-corrected chi connectivity index (χ3v) is 4.99. The fourth-order valence-corrected chi connectivity index (χ4v) is 3.25. The minimum absolute atomic E-state index is 0.193. The third kappa shape index (κ3) is 4.35. The molecule has 1 aliphatic heterocycles. The molecule has 0 spiro atoms. The van der Waals surface area contributed by atoms with Crippen molar-refractivity contribution in [3.63, 3.8) is 0 Å². The molecule has 3 nitrogen and oxygen atoms in total. The lowest BCUT2D eigenvalue weighted by molar-refractivity contribution is 0.314. The second-order valence-electron chi connectivity index (χ2n) is 6.31. The Hall–Kier alpha value is -0.770. The van der Waals surface area contributed by atoms with Gasteiger partial charge in [0.15, 0.2) is 0 Å². The van der Waals surface area contributed by atoms with E-state index in [0.717, 1.165) is 30.0 Å². The van der Waals surface area contributed by atoms with E-state index in [9.17, 15) is 0 Å². The van der Waals surface area contributed by atoms with Crippen molar-refractivity contribution in [1.82, 2.24) is 4.90 Å². The zero-order valence-corrected chi connectivity index (χ0v) is 14.2. The Bertz CT molecular complexity index is 463. The molecule has 2 atom stereocenters. The fraction of sp³-hybridized carbons (Fsp3) is 0.647. The van der Waals surface area contributed by atoms with E-state index in [2.05, 4.69) is 49.0 Å². The molecular formula is C17H28ClN3. The van der Waals surface area contributed by atoms with E-state index in [1.54, 1.807) is 0 Å². The van der Waals surface area contributed by atoms with Crippen LogP contribution in [0, 0.1) is 0 Å². The zero-order valence-electron chi connectivity index (χ0n) is 13.5. The Morgan fingerprint density at radius 3 is 2.81 bits per heavy atom. The van der Waals surface area contributed by atoms with Crippen molar-refractivity contribution in [1.29, 1.82) is 0 Å². The third-order valence-electron chi connectivity index (χ3n) is 4.64. The molecule has 2 unspecified atom stereocenters. The molecule has 118 valence electrons. The van der Waals surface area contributed by atoms with Gasteiger partial charge in [-0.15, -0.1) is 0 Å². The first-order chi connectivity index (χ1) is 10.0. The number of nitrogens with two attached hydrogens (primary N) is 1. The predicted molar refractivity (Wildman–Crippen MR) is 92.3 cm³/mol. The monoisotopic (exact) mass is 309 g/mol. The van der Waals surface area contributed by atoms with Crippen LogP contribution in [0.2, 0.25) is 5.02 Å². The molecule has 2 rings (SSSR count). The molecule has 1 heterocycles. The van der Waals surface area contributed by atoms with Gasteiger partial charge < -0.3 is 15.5 Å². The standard InChI is InChI=1S/C17H28ClN3/c1-4-14(19)10-13-7-8-15(11-17(13)18)21(3)12-16-6-5-9-20(16)2/h7-8,11,14,16H,4-6,9-10,12,19H2,1-3H3. The van der Waals surface area contributed by atoms with Crippen LogP contribution in [-0.4, -0.2) is 44.2 Å². The molecule has 1 aromatic rings. The van der Waals surface area contributed by atoms with Crippen LogP contribution in [0.4, 0.5) is 5.69 Å². The van der Waals surface area contributed by atoms with Crippen molar-refractivity contribution in [2.45, 2.75) is 44.7 Å². The molecule has 1 aliphatic rings. The van der Waals surface area contributed by atoms with E-state index in [1.807, 2.05) is 0 Å². The summed E-state index contributed by atoms with van der Waals surface area (Å²) < 4.78 is 0. The maximum atomic E-state index is 6.43. The second kappa shape index (κ2) is 7.48. The van der Waals surface area contributed by atoms with Crippen LogP contribution in [0.15, 0.2) is 18.2 Å². The summed E-state index contributed by atoms with van der Waals surface area (Å²) in [4.78, 5) is 4.76. The highest BCUT2D eigenvalue weighted by Gasteiger charge is 2.22. The van der Waals surface area contributed by atoms with E-state index in [0.29, 0.717) is 6.04 Å². The van der Waals surface area contributed by atoms with Gasteiger partial charge in [-0.2, -0.15) is 0 Å². The van der Waals surface area contributed by atoms with E-state index in [1.165, 1.54) is 25.1 Å². The average Bonchev–Trinajstić information content (AvgIpc) is 2.86. The van der Waals surface area contributed by atoms with Crippen LogP contribution in [0.5, 0.6) is 0 Å². The largest absolute Gasteiger partial charge is 0.373 e. The number of halogens is 1. The summed E-state index contributed by atoms with van der Waals surface area (Å²) in [5.74, 6) is 0. The molecule has 0 saturated carbocycles. The molecule has 1 saturated heterocycles. The molecule has 21 heavy (non-hydrogen) atoms. The first kappa shape index (κ1) is 16.6. The lowest BCUT2D eigenvalue weighted by Gasteiger charge is -2.27. The van der Waals surface area contributed by atoms with Crippen LogP contribution in [0.25, 0.3) is 0 Å². The van der Waals surface area contributed by atoms with Crippen molar-refractivity contribution in [3.05, 3.63) is 28.8 Å². The lowest BCUT2D eigenvalue weighted by Crippen LogP contribution is -2.36. The highest BCUT2D eigenvalue weighted by Crippen LogP contribution is 2.25. The smallest absolute Gasteiger partial charge is 0.0459 e. The van der Waals surface area contributed by atoms with Gasteiger partial charge in [-0.05, 0) is 57.0 Å². The normalized spacial score (nSPS) is 20.7. The summed E-state index contributed by atoms with van der Waals surface area (Å²) in [5, 5.41) is 0.836. The highest BCUT2D eigenvalue weighted by atomic mass is 35.5. The van der Waals surface area contributed by atoms with Crippen LogP contribution in [0.3, 0.4) is 0 Å². The summed E-state index contributed by atoms with van der Waals surface area (Å²) in [6.45, 7) is 4.38. The van der Waals surface area contributed by atoms with Crippen LogP contribution < -0.4 is 10.6 Å². The molecule has 2 N–H and O–H groups in total. The van der Waals surface area contributed by atoms with Crippen LogP contribution in [-0.2, 0) is 6.42 Å². The van der Waals surface area contributed by atoms with Gasteiger partial charge in [0, 0.05) is 36.4 Å². The van der Waals surface area contributed by atoms with Gasteiger partial charge in [-0.25, -0.2) is 0 Å². The van der Waals surface area contributed by atoms with E-state index in [4.69, 9.17) is 17.3 Å². The number of anilines is 1. The molecule has 0 amide bonds. The van der Waals surface area contributed by atoms with Gasteiger partial charge in [0.2, 0.25) is 0 Å². The molecule has 0 radical (unpaired) electrons. The average molecular weight is 310 g/mol. The molecule has 0 aromatic heterocycles. The summed E-state index contributed by atoms with van der Waals surface area (Å²) in [6, 6.07) is 7.22. The van der Waals surface area contributed by atoms with Crippen LogP contribution in [0.1, 0.15) is 31.7 Å². The van der Waals surface area contributed by atoms with E-state index < -0.39 is 0 Å². The van der Waals surface area contributed by atoms with Crippen molar-refractivity contribution in [2.24, 2.45) is 5.73 Å². The minimum atomic E-state index is 0.193. The SMILES string of the molecule is CCC(N)Cc1ccc(N(C)CC2CCCN2C)cc1Cl. The number of hydrogen-bond donors (Lipinski definition) is 1. The Morgan fingerprint density at radius 1 is 1.48 bits per heavy atom. The lowest BCUT2D eigenvalue weighted by atomic mass is 10.0. The Morgan fingerprint density at radius 2 is 2.24 bits per heavy atom. The number of nitrogens with zero attached hydrogens (tertiary/aromatic N) is 2. The van der Waals surface area contributed by atoms with Crippen LogP contribution >= 0.6 is 11.6 Å². The summed E-state index contributed by atoms with van der Waals surface area (Å²) in [7, 11) is 4.36. The first-order valence-electron chi connectivity index (χ1n) is 7.96. The number of benzene rings is 1. The second-order valence-corrected chi connectivity index (χ2v) is 6.71. The highest BCUT2D eigenvalue weighted by molar-refractivity contribution is 6.31. The number of likely N-dealkylation sites (tertiary alicyclic amines) is 1. The number of hydrogen-bond acceptors (Lipinski definition) is 3. The first-order valence-corrected chi connectivity index (χ1v) is 8.34. The van der Waals surface area contributed by atoms with Crippen molar-refractivity contribution < 1.29 is 0 Å². The van der Waals surface area contributed by atoms with Gasteiger partial charge in [0.1, 0.15) is 0 Å². The maximum Gasteiger partial charge on any atom is 0.0459 e. The summed E-state index contributed by atoms with van der Waals surface area (Å²) in [5.41, 5.74) is 8.36. The van der Waals surface area contributed by atoms with Gasteiger partial charge in [-0.3, -0.25) is 0 Å². The Labute approximate surface area is 134 Å². The van der Waals surface area contributed by atoms with Gasteiger partial charge >= 0.3 is 0 Å². The summed E-state index contributed by atoms with van der Waals surface area (Å²) >= 11 is 6.43. The van der Waals surface area contributed by atoms with E-state index in [-0.39, 0.29) is 6.04 Å². The molecule has 1 aromatic carbocycles. The molecular weight excluding hydrogens is 282 g/mol. The van der Waals surface area contributed by atoms with Crippen molar-refractivity contribution in [2.75, 3.05) is 32.1 Å². The van der Waals surface area contributed by atoms with Gasteiger partial charge in [0.05, 0.1) is 0 Å². The Balaban J connectivity index is 2.01. The van der Waals surface area contributed by atoms with Crippen molar-refractivity contribution >= 4 is 17.3 Å². The maximum absolute atomic E-state index is 6.43. The van der Waals surface area contributed by atoms with Gasteiger partial charge in [-0.1, -0.05) is 24.6 Å². The predicted octanol–water partition coefficient (Wildman–Crippen LogP) is 3.15. The Kier molecular flexibility index (Phi) is 5.91. The molecule has 4 heteroatoms. The molecule has 0 aliphatic carbocycles. The number of likely N-dealkylation sites (N-methyl/N-ethyl adjacent to an activating group) is 2. The van der Waals surface area contributed by atoms with Crippen molar-refractivity contribution in [3.8, 4) is 0 Å². The topological polar surface area (TPSA) is 32.5 Å². The molecule has 0 bridgehead atoms. The zero-order chi connectivity index (χ0) is 15.4. The quantitative estimate of drug-likeness (QED) is 0.876. The summed E-state index contributed by atoms with van der Waals surface area (Å²) in [6.07, 6.45) is 4.43. The molecule has 1 fully saturated rings. The van der Waals surface area contributed by atoms with Gasteiger partial charge in [0.25, 0.3) is 0 Å². The minimum Gasteiger partial charge on any atom is -0.373 e. The fourth-order valence-electron chi connectivity index (χ4n) is 3.00.